The zero-order valence-corrected chi connectivity index (χ0v) is 13.6. The Balaban J connectivity index is 1.51. The van der Waals surface area contributed by atoms with Crippen LogP contribution in [-0.4, -0.2) is 58.4 Å². The zero-order valence-electron chi connectivity index (χ0n) is 13.6. The average Bonchev–Trinajstić information content (AvgIpc) is 2.98. The highest BCUT2D eigenvalue weighted by Crippen LogP contribution is 2.26. The predicted molar refractivity (Wildman–Crippen MR) is 87.2 cm³/mol. The van der Waals surface area contributed by atoms with E-state index < -0.39 is 11.9 Å². The van der Waals surface area contributed by atoms with Crippen LogP contribution in [-0.2, 0) is 20.8 Å². The molecular formula is C18H22N2O4. The molecule has 1 aromatic rings. The lowest BCUT2D eigenvalue weighted by molar-refractivity contribution is -0.141. The van der Waals surface area contributed by atoms with E-state index in [9.17, 15) is 14.4 Å². The third-order valence-corrected chi connectivity index (χ3v) is 4.96. The molecule has 0 saturated carbocycles. The van der Waals surface area contributed by atoms with Crippen molar-refractivity contribution in [1.82, 2.24) is 9.80 Å². The summed E-state index contributed by atoms with van der Waals surface area (Å²) < 4.78 is 0. The molecule has 0 aromatic heterocycles. The molecule has 2 fully saturated rings. The molecule has 2 aliphatic heterocycles. The van der Waals surface area contributed by atoms with Gasteiger partial charge in [0.2, 0.25) is 11.8 Å². The Kier molecular flexibility index (Phi) is 4.83. The van der Waals surface area contributed by atoms with Gasteiger partial charge >= 0.3 is 5.97 Å². The number of nitrogens with zero attached hydrogens (tertiary/aromatic N) is 2. The lowest BCUT2D eigenvalue weighted by Crippen LogP contribution is -2.47. The molecule has 6 heteroatoms. The third kappa shape index (κ3) is 3.58. The number of likely N-dealkylation sites (tertiary alicyclic amines) is 2. The fourth-order valence-electron chi connectivity index (χ4n) is 3.56. The van der Waals surface area contributed by atoms with Crippen molar-refractivity contribution in [2.24, 2.45) is 5.92 Å². The monoisotopic (exact) mass is 330 g/mol. The number of rotatable bonds is 4. The van der Waals surface area contributed by atoms with E-state index in [4.69, 9.17) is 5.11 Å². The van der Waals surface area contributed by atoms with Crippen LogP contribution in [0.5, 0.6) is 0 Å². The summed E-state index contributed by atoms with van der Waals surface area (Å²) in [6, 6.07) is 9.72. The Morgan fingerprint density at radius 1 is 1.12 bits per heavy atom. The van der Waals surface area contributed by atoms with E-state index in [1.165, 1.54) is 0 Å². The number of carbonyl (C=O) groups is 3. The number of aliphatic carboxylic acids is 1. The minimum Gasteiger partial charge on any atom is -0.481 e. The summed E-state index contributed by atoms with van der Waals surface area (Å²) >= 11 is 0. The Morgan fingerprint density at radius 2 is 1.79 bits per heavy atom. The Labute approximate surface area is 141 Å². The van der Waals surface area contributed by atoms with Gasteiger partial charge in [0.15, 0.2) is 0 Å². The van der Waals surface area contributed by atoms with E-state index in [-0.39, 0.29) is 24.3 Å². The van der Waals surface area contributed by atoms with Crippen molar-refractivity contribution in [2.45, 2.75) is 31.7 Å². The van der Waals surface area contributed by atoms with E-state index in [0.717, 1.165) is 18.4 Å². The van der Waals surface area contributed by atoms with E-state index in [2.05, 4.69) is 0 Å². The maximum Gasteiger partial charge on any atom is 0.308 e. The van der Waals surface area contributed by atoms with Crippen LogP contribution in [0.15, 0.2) is 30.3 Å². The Bertz CT molecular complexity index is 623. The minimum atomic E-state index is -0.902. The van der Waals surface area contributed by atoms with Crippen LogP contribution < -0.4 is 0 Å². The second kappa shape index (κ2) is 7.03. The van der Waals surface area contributed by atoms with Crippen LogP contribution in [0.1, 0.15) is 24.8 Å². The Hall–Kier alpha value is -2.37. The van der Waals surface area contributed by atoms with Crippen molar-refractivity contribution in [3.63, 3.8) is 0 Å². The zero-order chi connectivity index (χ0) is 17.1. The molecule has 128 valence electrons. The first-order valence-corrected chi connectivity index (χ1v) is 8.38. The van der Waals surface area contributed by atoms with Crippen molar-refractivity contribution >= 4 is 17.8 Å². The van der Waals surface area contributed by atoms with Gasteiger partial charge in [-0.2, -0.15) is 0 Å². The number of amides is 2. The summed E-state index contributed by atoms with van der Waals surface area (Å²) in [6.45, 7) is 1.55. The third-order valence-electron chi connectivity index (χ3n) is 4.96. The summed E-state index contributed by atoms with van der Waals surface area (Å²) in [5, 5.41) is 9.07. The largest absolute Gasteiger partial charge is 0.481 e. The van der Waals surface area contributed by atoms with Crippen molar-refractivity contribution in [1.29, 1.82) is 0 Å². The van der Waals surface area contributed by atoms with Crippen LogP contribution in [0.2, 0.25) is 0 Å². The lowest BCUT2D eigenvalue weighted by Gasteiger charge is -2.36. The second-order valence-corrected chi connectivity index (χ2v) is 6.56. The number of hydrogen-bond donors (Lipinski definition) is 1. The summed E-state index contributed by atoms with van der Waals surface area (Å²) in [6.07, 6.45) is 1.94. The highest BCUT2D eigenvalue weighted by atomic mass is 16.4. The number of piperidine rings is 1. The van der Waals surface area contributed by atoms with Gasteiger partial charge in [0.25, 0.3) is 0 Å². The molecule has 0 aliphatic carbocycles. The molecule has 6 nitrogen and oxygen atoms in total. The van der Waals surface area contributed by atoms with Crippen molar-refractivity contribution in [3.8, 4) is 0 Å². The SMILES string of the molecule is O=C(O)C1CC(=O)N(C2CCN(C(=O)Cc3ccccc3)CC2)C1. The molecule has 0 bridgehead atoms. The van der Waals surface area contributed by atoms with Gasteiger partial charge in [-0.15, -0.1) is 0 Å². The molecule has 0 spiro atoms. The molecular weight excluding hydrogens is 308 g/mol. The van der Waals surface area contributed by atoms with E-state index >= 15 is 0 Å². The van der Waals surface area contributed by atoms with Crippen molar-refractivity contribution in [3.05, 3.63) is 35.9 Å². The van der Waals surface area contributed by atoms with E-state index in [1.54, 1.807) is 4.90 Å². The average molecular weight is 330 g/mol. The highest BCUT2D eigenvalue weighted by Gasteiger charge is 2.39. The molecule has 2 heterocycles. The van der Waals surface area contributed by atoms with Crippen molar-refractivity contribution in [2.75, 3.05) is 19.6 Å². The fourth-order valence-corrected chi connectivity index (χ4v) is 3.56. The van der Waals surface area contributed by atoms with E-state index in [0.29, 0.717) is 26.1 Å². The molecule has 1 atom stereocenters. The fraction of sp³-hybridized carbons (Fsp3) is 0.500. The second-order valence-electron chi connectivity index (χ2n) is 6.56. The van der Waals surface area contributed by atoms with Gasteiger partial charge in [-0.25, -0.2) is 0 Å². The smallest absolute Gasteiger partial charge is 0.308 e. The van der Waals surface area contributed by atoms with Crippen LogP contribution in [0, 0.1) is 5.92 Å². The molecule has 1 aromatic carbocycles. The predicted octanol–water partition coefficient (Wildman–Crippen LogP) is 1.15. The van der Waals surface area contributed by atoms with Gasteiger partial charge in [-0.05, 0) is 18.4 Å². The summed E-state index contributed by atoms with van der Waals surface area (Å²) in [4.78, 5) is 39.0. The number of carbonyl (C=O) groups excluding carboxylic acids is 2. The number of hydrogen-bond acceptors (Lipinski definition) is 3. The van der Waals surface area contributed by atoms with Gasteiger partial charge in [-0.3, -0.25) is 14.4 Å². The maximum atomic E-state index is 12.4. The van der Waals surface area contributed by atoms with E-state index in [1.807, 2.05) is 35.2 Å². The van der Waals surface area contributed by atoms with Gasteiger partial charge in [0, 0.05) is 32.1 Å². The lowest BCUT2D eigenvalue weighted by atomic mass is 10.0. The standard InChI is InChI=1S/C18H22N2O4/c21-16(10-13-4-2-1-3-5-13)19-8-6-15(7-9-19)20-12-14(18(23)24)11-17(20)22/h1-5,14-15H,6-12H2,(H,23,24). The highest BCUT2D eigenvalue weighted by molar-refractivity contribution is 5.86. The molecule has 2 amide bonds. The maximum absolute atomic E-state index is 12.4. The molecule has 2 aliphatic rings. The first-order valence-electron chi connectivity index (χ1n) is 8.38. The normalized spacial score (nSPS) is 22.0. The molecule has 0 radical (unpaired) electrons. The first-order chi connectivity index (χ1) is 11.5. The van der Waals surface area contributed by atoms with Gasteiger partial charge in [0.1, 0.15) is 0 Å². The molecule has 3 rings (SSSR count). The number of carboxylic acids is 1. The number of benzene rings is 1. The quantitative estimate of drug-likeness (QED) is 0.898. The number of carboxylic acid groups (broad SMARTS) is 1. The molecule has 2 saturated heterocycles. The molecule has 1 N–H and O–H groups in total. The van der Waals surface area contributed by atoms with Crippen LogP contribution in [0.3, 0.4) is 0 Å². The summed E-state index contributed by atoms with van der Waals surface area (Å²) in [5.41, 5.74) is 1.00. The summed E-state index contributed by atoms with van der Waals surface area (Å²) in [5.74, 6) is -1.45. The van der Waals surface area contributed by atoms with Crippen molar-refractivity contribution < 1.29 is 19.5 Å². The van der Waals surface area contributed by atoms with Gasteiger partial charge < -0.3 is 14.9 Å². The minimum absolute atomic E-state index is 0.0580. The Morgan fingerprint density at radius 3 is 2.38 bits per heavy atom. The van der Waals surface area contributed by atoms with Gasteiger partial charge in [-0.1, -0.05) is 30.3 Å². The molecule has 24 heavy (non-hydrogen) atoms. The first kappa shape index (κ1) is 16.5. The summed E-state index contributed by atoms with van der Waals surface area (Å²) in [7, 11) is 0. The van der Waals surface area contributed by atoms with Gasteiger partial charge in [0.05, 0.1) is 12.3 Å². The topological polar surface area (TPSA) is 77.9 Å². The van der Waals surface area contributed by atoms with Crippen LogP contribution in [0.4, 0.5) is 0 Å². The van der Waals surface area contributed by atoms with Crippen LogP contribution in [0.25, 0.3) is 0 Å². The van der Waals surface area contributed by atoms with Crippen LogP contribution >= 0.6 is 0 Å². The molecule has 1 unspecified atom stereocenters.